The van der Waals surface area contributed by atoms with E-state index >= 15 is 0 Å². The van der Waals surface area contributed by atoms with E-state index in [-0.39, 0.29) is 5.75 Å². The molecule has 1 heterocycles. The number of aliphatic imine (C=N–C) groups is 1. The lowest BCUT2D eigenvalue weighted by Crippen LogP contribution is -2.38. The van der Waals surface area contributed by atoms with Gasteiger partial charge in [-0.3, -0.25) is 4.68 Å². The number of hydrogen-bond acceptors (Lipinski definition) is 4. The van der Waals surface area contributed by atoms with E-state index in [2.05, 4.69) is 40.1 Å². The number of nitrogens with one attached hydrogen (secondary N) is 2. The van der Waals surface area contributed by atoms with Crippen molar-refractivity contribution in [2.75, 3.05) is 20.6 Å². The van der Waals surface area contributed by atoms with Crippen LogP contribution in [0.2, 0.25) is 0 Å². The second-order valence-electron chi connectivity index (χ2n) is 7.68. The summed E-state index contributed by atoms with van der Waals surface area (Å²) in [7, 11) is 2.07. The molecule has 2 N–H and O–H groups in total. The highest BCUT2D eigenvalue weighted by Crippen LogP contribution is 2.18. The van der Waals surface area contributed by atoms with Crippen LogP contribution in [0, 0.1) is 0 Å². The molecule has 1 aromatic heterocycles. The molecule has 0 radical (unpaired) electrons. The fourth-order valence-corrected chi connectivity index (χ4v) is 4.00. The molecule has 166 valence electrons. The van der Waals surface area contributed by atoms with Crippen LogP contribution in [0.1, 0.15) is 49.1 Å². The van der Waals surface area contributed by atoms with Gasteiger partial charge >= 0.3 is 0 Å². The fraction of sp³-hybridized carbons (Fsp3) is 0.524. The zero-order chi connectivity index (χ0) is 22.3. The van der Waals surface area contributed by atoms with Gasteiger partial charge in [-0.25, -0.2) is 18.1 Å². The maximum Gasteiger partial charge on any atom is 0.215 e. The molecule has 0 unspecified atom stereocenters. The van der Waals surface area contributed by atoms with Crippen molar-refractivity contribution in [2.24, 2.45) is 12.0 Å². The lowest BCUT2D eigenvalue weighted by atomic mass is 10.1. The van der Waals surface area contributed by atoms with Crippen LogP contribution in [0.4, 0.5) is 0 Å². The Balaban J connectivity index is 2.16. The quantitative estimate of drug-likeness (QED) is 0.466. The van der Waals surface area contributed by atoms with Gasteiger partial charge < -0.3 is 10.2 Å². The molecule has 0 saturated heterocycles. The standard InChI is InChI=1S/C21H34N6O2S/c1-7-23-21(26(5)13-19-14-27(6)25-20(19)16(2)3)24-12-17-9-8-10-18(11-17)15-30(28,29)22-4/h8-11,14,16,22H,7,12-13,15H2,1-6H3,(H,23,24). The Morgan fingerprint density at radius 1 is 1.30 bits per heavy atom. The average Bonchev–Trinajstić information content (AvgIpc) is 3.05. The summed E-state index contributed by atoms with van der Waals surface area (Å²) < 4.78 is 27.8. The van der Waals surface area contributed by atoms with Crippen molar-refractivity contribution in [3.8, 4) is 0 Å². The van der Waals surface area contributed by atoms with Crippen LogP contribution in [0.5, 0.6) is 0 Å². The van der Waals surface area contributed by atoms with E-state index in [1.54, 1.807) is 0 Å². The SMILES string of the molecule is CCNC(=NCc1cccc(CS(=O)(=O)NC)c1)N(C)Cc1cn(C)nc1C(C)C. The first-order valence-electron chi connectivity index (χ1n) is 10.2. The van der Waals surface area contributed by atoms with Crippen LogP contribution >= 0.6 is 0 Å². The Labute approximate surface area is 180 Å². The van der Waals surface area contributed by atoms with E-state index in [0.29, 0.717) is 19.0 Å². The van der Waals surface area contributed by atoms with Crippen molar-refractivity contribution in [1.82, 2.24) is 24.7 Å². The number of hydrogen-bond donors (Lipinski definition) is 2. The Bertz CT molecular complexity index is 966. The van der Waals surface area contributed by atoms with Gasteiger partial charge in [-0.15, -0.1) is 0 Å². The van der Waals surface area contributed by atoms with Crippen LogP contribution in [-0.2, 0) is 35.9 Å². The minimum Gasteiger partial charge on any atom is -0.357 e. The number of nitrogens with zero attached hydrogens (tertiary/aromatic N) is 4. The highest BCUT2D eigenvalue weighted by molar-refractivity contribution is 7.88. The van der Waals surface area contributed by atoms with E-state index < -0.39 is 10.0 Å². The number of rotatable bonds is 9. The third-order valence-electron chi connectivity index (χ3n) is 4.66. The highest BCUT2D eigenvalue weighted by atomic mass is 32.2. The van der Waals surface area contributed by atoms with E-state index in [9.17, 15) is 8.42 Å². The summed E-state index contributed by atoms with van der Waals surface area (Å²) in [6, 6.07) is 7.53. The maximum atomic E-state index is 11.8. The number of benzene rings is 1. The molecule has 0 aliphatic heterocycles. The molecule has 0 saturated carbocycles. The first-order valence-corrected chi connectivity index (χ1v) is 11.8. The molecule has 9 heteroatoms. The molecule has 2 aromatic rings. The van der Waals surface area contributed by atoms with Gasteiger partial charge in [-0.1, -0.05) is 38.1 Å². The second kappa shape index (κ2) is 10.6. The Kier molecular flexibility index (Phi) is 8.43. The molecule has 0 atom stereocenters. The van der Waals surface area contributed by atoms with Gasteiger partial charge in [-0.2, -0.15) is 5.10 Å². The smallest absolute Gasteiger partial charge is 0.215 e. The summed E-state index contributed by atoms with van der Waals surface area (Å²) in [5.41, 5.74) is 3.98. The molecule has 0 bridgehead atoms. The van der Waals surface area contributed by atoms with Crippen molar-refractivity contribution < 1.29 is 8.42 Å². The molecule has 0 fully saturated rings. The van der Waals surface area contributed by atoms with Gasteiger partial charge in [0, 0.05) is 38.9 Å². The van der Waals surface area contributed by atoms with E-state index in [0.717, 1.165) is 29.3 Å². The first kappa shape index (κ1) is 23.9. The fourth-order valence-electron chi connectivity index (χ4n) is 3.24. The second-order valence-corrected chi connectivity index (χ2v) is 9.60. The molecule has 2 rings (SSSR count). The van der Waals surface area contributed by atoms with Crippen molar-refractivity contribution in [3.05, 3.63) is 52.8 Å². The molecule has 0 spiro atoms. The molecule has 0 aliphatic rings. The lowest BCUT2D eigenvalue weighted by molar-refractivity contribution is 0.473. The molecule has 0 amide bonds. The van der Waals surface area contributed by atoms with Gasteiger partial charge in [0.25, 0.3) is 0 Å². The van der Waals surface area contributed by atoms with Gasteiger partial charge in [0.05, 0.1) is 18.0 Å². The molecular weight excluding hydrogens is 400 g/mol. The zero-order valence-corrected chi connectivity index (χ0v) is 19.6. The van der Waals surface area contributed by atoms with Crippen molar-refractivity contribution in [3.63, 3.8) is 0 Å². The van der Waals surface area contributed by atoms with Crippen molar-refractivity contribution in [2.45, 2.75) is 45.5 Å². The van der Waals surface area contributed by atoms with E-state index in [4.69, 9.17) is 4.99 Å². The highest BCUT2D eigenvalue weighted by Gasteiger charge is 2.15. The topological polar surface area (TPSA) is 91.6 Å². The van der Waals surface area contributed by atoms with Crippen LogP contribution in [0.3, 0.4) is 0 Å². The normalized spacial score (nSPS) is 12.4. The predicted molar refractivity (Wildman–Crippen MR) is 122 cm³/mol. The first-order chi connectivity index (χ1) is 14.1. The largest absolute Gasteiger partial charge is 0.357 e. The van der Waals surface area contributed by atoms with Crippen LogP contribution in [0.15, 0.2) is 35.5 Å². The van der Waals surface area contributed by atoms with Gasteiger partial charge in [-0.05, 0) is 31.0 Å². The summed E-state index contributed by atoms with van der Waals surface area (Å²) in [6.45, 7) is 8.25. The molecule has 1 aromatic carbocycles. The molecular formula is C21H34N6O2S. The van der Waals surface area contributed by atoms with Crippen LogP contribution in [-0.4, -0.2) is 49.7 Å². The minimum atomic E-state index is -3.30. The Hall–Kier alpha value is -2.39. The van der Waals surface area contributed by atoms with Gasteiger partial charge in [0.1, 0.15) is 0 Å². The predicted octanol–water partition coefficient (Wildman–Crippen LogP) is 2.19. The van der Waals surface area contributed by atoms with E-state index in [1.165, 1.54) is 12.6 Å². The Morgan fingerprint density at radius 3 is 2.63 bits per heavy atom. The average molecular weight is 435 g/mol. The van der Waals surface area contributed by atoms with E-state index in [1.807, 2.05) is 50.0 Å². The number of aryl methyl sites for hydroxylation is 1. The summed E-state index contributed by atoms with van der Waals surface area (Å²) >= 11 is 0. The van der Waals surface area contributed by atoms with Crippen LogP contribution in [0.25, 0.3) is 0 Å². The summed E-state index contributed by atoms with van der Waals surface area (Å²) in [4.78, 5) is 6.84. The van der Waals surface area contributed by atoms with Crippen molar-refractivity contribution in [1.29, 1.82) is 0 Å². The Morgan fingerprint density at radius 2 is 2.00 bits per heavy atom. The summed E-state index contributed by atoms with van der Waals surface area (Å²) in [5.74, 6) is 1.11. The minimum absolute atomic E-state index is 0.0417. The number of sulfonamides is 1. The zero-order valence-electron chi connectivity index (χ0n) is 18.8. The van der Waals surface area contributed by atoms with Crippen molar-refractivity contribution >= 4 is 16.0 Å². The van der Waals surface area contributed by atoms with Gasteiger partial charge in [0.2, 0.25) is 10.0 Å². The summed E-state index contributed by atoms with van der Waals surface area (Å²) in [5, 5.41) is 7.92. The molecule has 0 aliphatic carbocycles. The number of aromatic nitrogens is 2. The summed E-state index contributed by atoms with van der Waals surface area (Å²) in [6.07, 6.45) is 2.06. The maximum absolute atomic E-state index is 11.8. The third-order valence-corrected chi connectivity index (χ3v) is 5.99. The lowest BCUT2D eigenvalue weighted by Gasteiger charge is -2.22. The monoisotopic (exact) mass is 434 g/mol. The molecule has 30 heavy (non-hydrogen) atoms. The van der Waals surface area contributed by atoms with Gasteiger partial charge in [0.15, 0.2) is 5.96 Å². The van der Waals surface area contributed by atoms with Crippen LogP contribution < -0.4 is 10.0 Å². The molecule has 8 nitrogen and oxygen atoms in total. The number of guanidine groups is 1. The third kappa shape index (κ3) is 6.84.